The maximum atomic E-state index is 12.5. The average Bonchev–Trinajstić information content (AvgIpc) is 2.52. The fourth-order valence-corrected chi connectivity index (χ4v) is 2.26. The van der Waals surface area contributed by atoms with Crippen LogP contribution in [0.2, 0.25) is 0 Å². The first-order valence-electron chi connectivity index (χ1n) is 7.11. The van der Waals surface area contributed by atoms with E-state index in [0.29, 0.717) is 24.2 Å². The summed E-state index contributed by atoms with van der Waals surface area (Å²) in [5, 5.41) is 3.25. The molecule has 0 fully saturated rings. The maximum absolute atomic E-state index is 12.5. The van der Waals surface area contributed by atoms with Crippen LogP contribution in [0.3, 0.4) is 0 Å². The van der Waals surface area contributed by atoms with E-state index in [1.165, 1.54) is 0 Å². The zero-order valence-electron chi connectivity index (χ0n) is 12.6. The minimum absolute atomic E-state index is 0.172. The van der Waals surface area contributed by atoms with Crippen molar-refractivity contribution in [3.05, 3.63) is 40.2 Å². The van der Waals surface area contributed by atoms with Crippen LogP contribution in [0.4, 0.5) is 0 Å². The number of methoxy groups -OCH3 is 1. The van der Waals surface area contributed by atoms with Gasteiger partial charge in [-0.3, -0.25) is 9.59 Å². The molecule has 0 spiro atoms. The van der Waals surface area contributed by atoms with Crippen molar-refractivity contribution in [2.75, 3.05) is 13.7 Å². The van der Waals surface area contributed by atoms with Gasteiger partial charge in [0.25, 0.3) is 5.91 Å². The first-order chi connectivity index (χ1) is 10.1. The second-order valence-corrected chi connectivity index (χ2v) is 4.80. The molecule has 1 amide bonds. The summed E-state index contributed by atoms with van der Waals surface area (Å²) >= 11 is 0. The number of fused-ring (bicyclic) bond motifs is 1. The van der Waals surface area contributed by atoms with Crippen LogP contribution in [0.25, 0.3) is 10.9 Å². The highest BCUT2D eigenvalue weighted by atomic mass is 16.5. The fourth-order valence-electron chi connectivity index (χ4n) is 2.26. The smallest absolute Gasteiger partial charge is 0.256 e. The van der Waals surface area contributed by atoms with Gasteiger partial charge in [0.05, 0.1) is 18.0 Å². The van der Waals surface area contributed by atoms with Crippen molar-refractivity contribution in [1.29, 1.82) is 0 Å². The molecule has 0 aliphatic heterocycles. The summed E-state index contributed by atoms with van der Waals surface area (Å²) in [6.45, 7) is 5.18. The lowest BCUT2D eigenvalue weighted by molar-refractivity contribution is 0.0952. The highest BCUT2D eigenvalue weighted by molar-refractivity contribution is 5.97. The minimum Gasteiger partial charge on any atom is -0.497 e. The van der Waals surface area contributed by atoms with E-state index < -0.39 is 0 Å². The highest BCUT2D eigenvalue weighted by Gasteiger charge is 2.15. The van der Waals surface area contributed by atoms with Crippen LogP contribution in [-0.2, 0) is 6.54 Å². The van der Waals surface area contributed by atoms with Crippen molar-refractivity contribution in [1.82, 2.24) is 9.88 Å². The number of aromatic nitrogens is 1. The number of nitrogens with zero attached hydrogens (tertiary/aromatic N) is 1. The first-order valence-corrected chi connectivity index (χ1v) is 7.11. The van der Waals surface area contributed by atoms with Crippen LogP contribution in [0, 0.1) is 0 Å². The van der Waals surface area contributed by atoms with Crippen molar-refractivity contribution in [3.8, 4) is 5.75 Å². The zero-order chi connectivity index (χ0) is 15.4. The van der Waals surface area contributed by atoms with E-state index in [1.54, 1.807) is 19.4 Å². The molecule has 2 aromatic rings. The molecule has 0 radical (unpaired) electrons. The molecule has 1 N–H and O–H groups in total. The molecule has 0 aliphatic rings. The van der Waals surface area contributed by atoms with E-state index in [0.717, 1.165) is 11.9 Å². The van der Waals surface area contributed by atoms with Gasteiger partial charge in [-0.2, -0.15) is 0 Å². The quantitative estimate of drug-likeness (QED) is 0.917. The molecular weight excluding hydrogens is 268 g/mol. The van der Waals surface area contributed by atoms with Crippen molar-refractivity contribution in [2.24, 2.45) is 0 Å². The van der Waals surface area contributed by atoms with E-state index in [4.69, 9.17) is 4.74 Å². The Kier molecular flexibility index (Phi) is 4.62. The van der Waals surface area contributed by atoms with Crippen molar-refractivity contribution in [2.45, 2.75) is 26.8 Å². The fraction of sp³-hybridized carbons (Fsp3) is 0.375. The molecule has 5 nitrogen and oxygen atoms in total. The molecule has 1 aromatic heterocycles. The van der Waals surface area contributed by atoms with E-state index in [9.17, 15) is 9.59 Å². The third-order valence-electron chi connectivity index (χ3n) is 3.41. The van der Waals surface area contributed by atoms with E-state index in [1.807, 2.05) is 30.5 Å². The van der Waals surface area contributed by atoms with Gasteiger partial charge >= 0.3 is 0 Å². The van der Waals surface area contributed by atoms with E-state index in [2.05, 4.69) is 5.32 Å². The first kappa shape index (κ1) is 15.1. The normalized spacial score (nSPS) is 10.6. The number of hydrogen-bond donors (Lipinski definition) is 1. The summed E-state index contributed by atoms with van der Waals surface area (Å²) in [6.07, 6.45) is 2.46. The molecule has 2 rings (SSSR count). The van der Waals surface area contributed by atoms with Crippen molar-refractivity contribution < 1.29 is 9.53 Å². The molecule has 0 bridgehead atoms. The lowest BCUT2D eigenvalue weighted by Gasteiger charge is -2.12. The summed E-state index contributed by atoms with van der Waals surface area (Å²) in [7, 11) is 1.55. The molecule has 112 valence electrons. The van der Waals surface area contributed by atoms with Gasteiger partial charge in [-0.15, -0.1) is 0 Å². The lowest BCUT2D eigenvalue weighted by Crippen LogP contribution is -2.30. The average molecular weight is 288 g/mol. The number of benzene rings is 1. The molecule has 5 heteroatoms. The Balaban J connectivity index is 2.64. The second kappa shape index (κ2) is 6.43. The Bertz CT molecular complexity index is 719. The van der Waals surface area contributed by atoms with E-state index in [-0.39, 0.29) is 16.9 Å². The van der Waals surface area contributed by atoms with Gasteiger partial charge in [0, 0.05) is 19.3 Å². The van der Waals surface area contributed by atoms with Crippen LogP contribution < -0.4 is 15.5 Å². The molecule has 0 aliphatic carbocycles. The molecule has 1 heterocycles. The number of hydrogen-bond acceptors (Lipinski definition) is 3. The Labute approximate surface area is 123 Å². The molecule has 0 saturated heterocycles. The van der Waals surface area contributed by atoms with Crippen molar-refractivity contribution in [3.63, 3.8) is 0 Å². The summed E-state index contributed by atoms with van der Waals surface area (Å²) < 4.78 is 7.07. The molecule has 1 aromatic carbocycles. The summed E-state index contributed by atoms with van der Waals surface area (Å²) in [4.78, 5) is 24.7. The maximum Gasteiger partial charge on any atom is 0.256 e. The van der Waals surface area contributed by atoms with E-state index >= 15 is 0 Å². The number of ether oxygens (including phenoxy) is 1. The monoisotopic (exact) mass is 288 g/mol. The Morgan fingerprint density at radius 1 is 1.33 bits per heavy atom. The Morgan fingerprint density at radius 3 is 2.71 bits per heavy atom. The number of pyridine rings is 1. The van der Waals surface area contributed by atoms with Gasteiger partial charge in [0.15, 0.2) is 0 Å². The Morgan fingerprint density at radius 2 is 2.10 bits per heavy atom. The topological polar surface area (TPSA) is 60.3 Å². The van der Waals surface area contributed by atoms with Crippen LogP contribution >= 0.6 is 0 Å². The standard InChI is InChI=1S/C16H20N2O3/c1-4-8-17-16(20)13-10-18(5-2)14-7-6-11(21-3)9-12(14)15(13)19/h6-7,9-10H,4-5,8H2,1-3H3,(H,17,20). The molecule has 21 heavy (non-hydrogen) atoms. The lowest BCUT2D eigenvalue weighted by atomic mass is 10.1. The highest BCUT2D eigenvalue weighted by Crippen LogP contribution is 2.19. The largest absolute Gasteiger partial charge is 0.497 e. The van der Waals surface area contributed by atoms with Gasteiger partial charge in [-0.25, -0.2) is 0 Å². The molecule has 0 unspecified atom stereocenters. The summed E-state index contributed by atoms with van der Waals surface area (Å²) in [6, 6.07) is 5.33. The SMILES string of the molecule is CCCNC(=O)c1cn(CC)c2ccc(OC)cc2c1=O. The van der Waals surface area contributed by atoms with Gasteiger partial charge in [0.1, 0.15) is 11.3 Å². The van der Waals surface area contributed by atoms with Gasteiger partial charge in [-0.1, -0.05) is 6.92 Å². The number of carbonyl (C=O) groups is 1. The van der Waals surface area contributed by atoms with Crippen LogP contribution in [0.1, 0.15) is 30.6 Å². The van der Waals surface area contributed by atoms with Gasteiger partial charge in [-0.05, 0) is 31.5 Å². The number of amides is 1. The third kappa shape index (κ3) is 2.91. The van der Waals surface area contributed by atoms with Crippen LogP contribution in [-0.4, -0.2) is 24.1 Å². The van der Waals surface area contributed by atoms with Crippen LogP contribution in [0.15, 0.2) is 29.2 Å². The molecule has 0 atom stereocenters. The summed E-state index contributed by atoms with van der Waals surface area (Å²) in [5.74, 6) is 0.280. The second-order valence-electron chi connectivity index (χ2n) is 4.80. The summed E-state index contributed by atoms with van der Waals surface area (Å²) in [5.41, 5.74) is 0.712. The third-order valence-corrected chi connectivity index (χ3v) is 3.41. The van der Waals surface area contributed by atoms with Crippen LogP contribution in [0.5, 0.6) is 5.75 Å². The predicted molar refractivity (Wildman–Crippen MR) is 83.1 cm³/mol. The van der Waals surface area contributed by atoms with Gasteiger partial charge in [0.2, 0.25) is 5.43 Å². The Hall–Kier alpha value is -2.30. The number of aryl methyl sites for hydroxylation is 1. The minimum atomic E-state index is -0.325. The van der Waals surface area contributed by atoms with Crippen molar-refractivity contribution >= 4 is 16.8 Å². The zero-order valence-corrected chi connectivity index (χ0v) is 12.6. The number of rotatable bonds is 5. The van der Waals surface area contributed by atoms with Gasteiger partial charge < -0.3 is 14.6 Å². The number of carbonyl (C=O) groups excluding carboxylic acids is 1. The molecule has 0 saturated carbocycles. The predicted octanol–water partition coefficient (Wildman–Crippen LogP) is 2.17. The number of nitrogens with one attached hydrogen (secondary N) is 1. The molecular formula is C16H20N2O3.